The van der Waals surface area contributed by atoms with Gasteiger partial charge >= 0.3 is 12.2 Å². The number of aliphatic hydroxyl groups is 2. The fourth-order valence-corrected chi connectivity index (χ4v) is 9.21. The summed E-state index contributed by atoms with van der Waals surface area (Å²) in [5.74, 6) is -4.73. The Morgan fingerprint density at radius 1 is 0.585 bits per heavy atom. The van der Waals surface area contributed by atoms with Gasteiger partial charge in [-0.3, -0.25) is 28.8 Å². The van der Waals surface area contributed by atoms with E-state index in [0.29, 0.717) is 24.0 Å². The minimum absolute atomic E-state index is 0.104. The van der Waals surface area contributed by atoms with Crippen molar-refractivity contribution in [1.82, 2.24) is 10.6 Å². The molecule has 0 unspecified atom stereocenters. The minimum Gasteiger partial charge on any atom is -0.439 e. The van der Waals surface area contributed by atoms with Crippen LogP contribution in [0.25, 0.3) is 0 Å². The van der Waals surface area contributed by atoms with Gasteiger partial charge in [0.05, 0.1) is 47.2 Å². The first-order chi connectivity index (χ1) is 38.3. The number of amides is 4. The zero-order valence-electron chi connectivity index (χ0n) is 48.2. The maximum Gasteiger partial charge on any atom is 0.405 e. The van der Waals surface area contributed by atoms with E-state index in [9.17, 15) is 48.6 Å². The zero-order valence-corrected chi connectivity index (χ0v) is 50.4. The van der Waals surface area contributed by atoms with E-state index in [1.807, 2.05) is 13.8 Å². The molecule has 0 aromatic heterocycles. The molecule has 0 spiro atoms. The van der Waals surface area contributed by atoms with Gasteiger partial charge < -0.3 is 72.2 Å². The molecule has 12 N–H and O–H groups in total. The molecule has 22 nitrogen and oxygen atoms in total. The number of fused-ring (bicyclic) bond motifs is 4. The smallest absolute Gasteiger partial charge is 0.405 e. The van der Waals surface area contributed by atoms with E-state index in [1.165, 1.54) is 66.6 Å². The van der Waals surface area contributed by atoms with Crippen molar-refractivity contribution >= 4 is 81.9 Å². The predicted octanol–water partition coefficient (Wildman–Crippen LogP) is 5.43. The highest BCUT2D eigenvalue weighted by molar-refractivity contribution is 6.63. The Morgan fingerprint density at radius 2 is 0.902 bits per heavy atom. The molecular weight excluding hydrogens is 1130 g/mol. The molecule has 4 bridgehead atoms. The normalized spacial score (nSPS) is 32.1. The summed E-state index contributed by atoms with van der Waals surface area (Å²) in [6, 6.07) is 0. The first-order valence-corrected chi connectivity index (χ1v) is 27.2. The van der Waals surface area contributed by atoms with Crippen molar-refractivity contribution in [2.45, 2.75) is 134 Å². The van der Waals surface area contributed by atoms with Crippen LogP contribution in [0, 0.1) is 23.7 Å². The summed E-state index contributed by atoms with van der Waals surface area (Å²) in [4.78, 5) is 100. The lowest BCUT2D eigenvalue weighted by Crippen LogP contribution is -2.37. The lowest BCUT2D eigenvalue weighted by molar-refractivity contribution is -0.120. The van der Waals surface area contributed by atoms with Crippen LogP contribution < -0.4 is 33.6 Å². The van der Waals surface area contributed by atoms with Crippen LogP contribution >= 0.6 is 34.8 Å². The minimum atomic E-state index is -1.00. The fourth-order valence-electron chi connectivity index (χ4n) is 9.21. The van der Waals surface area contributed by atoms with Gasteiger partial charge in [-0.15, -0.1) is 0 Å². The summed E-state index contributed by atoms with van der Waals surface area (Å²) in [6.07, 6.45) is 7.10. The molecule has 2 aliphatic carbocycles. The number of halogens is 3. The quantitative estimate of drug-likeness (QED) is 0.0934. The van der Waals surface area contributed by atoms with Gasteiger partial charge in [0.25, 0.3) is 11.8 Å². The van der Waals surface area contributed by atoms with Crippen molar-refractivity contribution in [2.24, 2.45) is 46.6 Å². The van der Waals surface area contributed by atoms with Crippen molar-refractivity contribution in [3.8, 4) is 0 Å². The largest absolute Gasteiger partial charge is 0.439 e. The lowest BCUT2D eigenvalue weighted by Gasteiger charge is -2.29. The number of nitrogens with two attached hydrogens (primary N) is 4. The molecule has 0 saturated heterocycles. The molecule has 454 valence electrons. The van der Waals surface area contributed by atoms with Crippen LogP contribution in [0.15, 0.2) is 117 Å². The number of hydrogen-bond acceptors (Lipinski definition) is 18. The second-order valence-corrected chi connectivity index (χ2v) is 22.2. The molecule has 4 rings (SSSR count). The number of carbonyl (C=O) groups excluding carboxylic acids is 8. The maximum absolute atomic E-state index is 13.2. The number of alkyl halides is 3. The van der Waals surface area contributed by atoms with E-state index in [0.717, 1.165) is 12.2 Å². The number of primary amides is 2. The van der Waals surface area contributed by atoms with Crippen molar-refractivity contribution < 1.29 is 77.0 Å². The zero-order chi connectivity index (χ0) is 62.5. The molecule has 12 atom stereocenters. The number of ketones is 4. The molecule has 0 saturated carbocycles. The maximum atomic E-state index is 13.2. The van der Waals surface area contributed by atoms with Gasteiger partial charge in [0.2, 0.25) is 23.1 Å². The van der Waals surface area contributed by atoms with Gasteiger partial charge in [0.15, 0.2) is 16.5 Å². The van der Waals surface area contributed by atoms with E-state index in [1.54, 1.807) is 52.0 Å². The Bertz CT molecular complexity index is 2510. The summed E-state index contributed by atoms with van der Waals surface area (Å²) in [6.45, 7) is 13.8. The van der Waals surface area contributed by atoms with Crippen LogP contribution in [0.1, 0.15) is 81.1 Å². The third kappa shape index (κ3) is 21.8. The topological polar surface area (TPSA) is 361 Å². The molecule has 4 aliphatic rings. The van der Waals surface area contributed by atoms with Crippen LogP contribution in [0.5, 0.6) is 0 Å². The number of allylic oxidation sites excluding steroid dienone is 8. The summed E-state index contributed by atoms with van der Waals surface area (Å²) in [7, 11) is 5.79. The number of carbonyl (C=O) groups is 8. The van der Waals surface area contributed by atoms with Crippen molar-refractivity contribution in [3.63, 3.8) is 0 Å². The van der Waals surface area contributed by atoms with Gasteiger partial charge in [-0.05, 0) is 76.4 Å². The number of Topliss-reactive ketones (excluding diaryl/α,β-unsaturated/α-hetero) is 2. The number of rotatable bonds is 6. The molecule has 4 amide bonds. The third-order valence-corrected chi connectivity index (χ3v) is 13.7. The number of ether oxygens (including phenoxy) is 6. The molecule has 0 radical (unpaired) electrons. The van der Waals surface area contributed by atoms with Crippen LogP contribution in [0.4, 0.5) is 9.59 Å². The highest BCUT2D eigenvalue weighted by Gasteiger charge is 2.35. The number of hydrogen-bond donors (Lipinski definition) is 8. The molecule has 0 aromatic rings. The summed E-state index contributed by atoms with van der Waals surface area (Å²) in [5, 5.41) is 27.2. The van der Waals surface area contributed by atoms with Gasteiger partial charge in [0.1, 0.15) is 12.2 Å². The molecule has 82 heavy (non-hydrogen) atoms. The number of methoxy groups -OCH3 is 4. The Balaban J connectivity index is 0.000000525. The standard InChI is InChI=1S/2C28H39N3O8.CHCl3/c2*1-14-10-18-23(29)20(32)13-19(25(18)34)31-27(35)15(2)8-7-9-21(37-5)26(39-28(30)36)17(4)12-16(3)24(33)22(11-14)38-6;2-1(3)4/h2*7-9,12-14,16,21-22,24,26,33H,10-11,29H2,1-6H3,(H2,30,36)(H,31,35);1H/b2*9-7-,15-8+,17-12+;/t2*14-,16+,21+,22+,24-,26+;/m11./s1. The Kier molecular flexibility index (Phi) is 30.2. The monoisotopic (exact) mass is 1210 g/mol. The average Bonchev–Trinajstić information content (AvgIpc) is 3.51. The van der Waals surface area contributed by atoms with Crippen molar-refractivity contribution in [3.05, 3.63) is 117 Å². The first-order valence-electron chi connectivity index (χ1n) is 25.9. The van der Waals surface area contributed by atoms with E-state index in [4.69, 9.17) is 86.2 Å². The van der Waals surface area contributed by atoms with Gasteiger partial charge in [0, 0.05) is 74.7 Å². The van der Waals surface area contributed by atoms with E-state index in [-0.39, 0.29) is 69.8 Å². The van der Waals surface area contributed by atoms with E-state index < -0.39 is 112 Å². The van der Waals surface area contributed by atoms with Crippen LogP contribution in [0.2, 0.25) is 0 Å². The SMILES string of the molecule is CO[C@H]1/C=C\C=C(/C)C(=O)NC2=CC(=O)C(N)=C(C[C@@H](C)C[C@H](OC)[C@H](O)[C@@H](C)/C=C(\C)[C@@H]1OC(N)=O)C2=O.CO[C@H]1/C=C\C=C(/C)C(=O)NC2=CC(=O)C(N)=C(C[C@@H](C)C[C@H](OC)[C@H](O)[C@@H](C)/C=C(\C)[C@@H]1OC(N)=O)C2=O.ClC(Cl)Cl. The Hall–Kier alpha value is -6.21. The van der Waals surface area contributed by atoms with Crippen molar-refractivity contribution in [1.29, 1.82) is 0 Å². The molecule has 2 heterocycles. The Labute approximate surface area is 493 Å². The van der Waals surface area contributed by atoms with Gasteiger partial charge in [-0.1, -0.05) is 111 Å². The third-order valence-electron chi connectivity index (χ3n) is 13.7. The molecule has 2 aliphatic heterocycles. The molecule has 25 heteroatoms. The van der Waals surface area contributed by atoms with Gasteiger partial charge in [-0.25, -0.2) is 9.59 Å². The lowest BCUT2D eigenvalue weighted by atomic mass is 9.85. The van der Waals surface area contributed by atoms with Crippen LogP contribution in [0.3, 0.4) is 0 Å². The fraction of sp³-hybridized carbons (Fsp3) is 0.509. The van der Waals surface area contributed by atoms with Gasteiger partial charge in [-0.2, -0.15) is 0 Å². The Morgan fingerprint density at radius 3 is 1.18 bits per heavy atom. The second-order valence-electron chi connectivity index (χ2n) is 20.2. The highest BCUT2D eigenvalue weighted by Crippen LogP contribution is 2.31. The number of aliphatic hydroxyl groups excluding tert-OH is 2. The summed E-state index contributed by atoms with van der Waals surface area (Å²) >= 11 is 14.4. The van der Waals surface area contributed by atoms with Crippen molar-refractivity contribution in [2.75, 3.05) is 28.4 Å². The average molecular weight is 1210 g/mol. The van der Waals surface area contributed by atoms with Crippen LogP contribution in [-0.2, 0) is 57.2 Å². The predicted molar refractivity (Wildman–Crippen MR) is 309 cm³/mol. The molecule has 0 aromatic carbocycles. The first kappa shape index (κ1) is 71.9. The van der Waals surface area contributed by atoms with E-state index in [2.05, 4.69) is 10.6 Å². The molecule has 0 fully saturated rings. The molecular formula is C57H79Cl3N6O16. The van der Waals surface area contributed by atoms with E-state index >= 15 is 0 Å². The summed E-state index contributed by atoms with van der Waals surface area (Å²) in [5.41, 5.74) is 23.7. The summed E-state index contributed by atoms with van der Waals surface area (Å²) < 4.78 is 32.1. The highest BCUT2D eigenvalue weighted by atomic mass is 35.6. The second kappa shape index (κ2) is 34.4. The number of nitrogens with one attached hydrogen (secondary N) is 2. The van der Waals surface area contributed by atoms with Crippen LogP contribution in [-0.4, -0.2) is 139 Å².